The monoisotopic (exact) mass is 276 g/mol. The Balaban J connectivity index is 2.05. The fraction of sp³-hybridized carbons (Fsp3) is 0.667. The Bertz CT molecular complexity index is 408. The second-order valence-corrected chi connectivity index (χ2v) is 6.32. The third-order valence-corrected chi connectivity index (χ3v) is 4.80. The minimum Gasteiger partial charge on any atom is -0.508 e. The number of unbranched alkanes of at least 4 members (excludes halogenated alkanes) is 1. The number of benzene rings is 1. The van der Waals surface area contributed by atoms with Gasteiger partial charge in [0.25, 0.3) is 0 Å². The number of rotatable bonds is 6. The van der Waals surface area contributed by atoms with Gasteiger partial charge in [-0.15, -0.1) is 0 Å². The van der Waals surface area contributed by atoms with Gasteiger partial charge >= 0.3 is 0 Å². The van der Waals surface area contributed by atoms with Gasteiger partial charge in [-0.3, -0.25) is 0 Å². The van der Waals surface area contributed by atoms with E-state index in [1.165, 1.54) is 57.4 Å². The summed E-state index contributed by atoms with van der Waals surface area (Å²) in [5.41, 5.74) is 0.995. The lowest BCUT2D eigenvalue weighted by atomic mass is 9.75. The standard InChI is InChI=1S/C18H28O2/c1-2-3-7-15(14-8-5-4-6-9-14)12-16-10-11-17(19)13-18(16)20/h10-11,13-15,19-20H,2-9,12H2,1H3. The summed E-state index contributed by atoms with van der Waals surface area (Å²) < 4.78 is 0. The molecule has 0 bridgehead atoms. The lowest BCUT2D eigenvalue weighted by Crippen LogP contribution is -2.20. The topological polar surface area (TPSA) is 40.5 Å². The van der Waals surface area contributed by atoms with Crippen molar-refractivity contribution in [2.45, 2.75) is 64.7 Å². The lowest BCUT2D eigenvalue weighted by Gasteiger charge is -2.30. The quantitative estimate of drug-likeness (QED) is 0.765. The van der Waals surface area contributed by atoms with E-state index in [0.29, 0.717) is 5.92 Å². The second kappa shape index (κ2) is 7.56. The highest BCUT2D eigenvalue weighted by Crippen LogP contribution is 2.36. The number of phenols is 2. The fourth-order valence-corrected chi connectivity index (χ4v) is 3.58. The summed E-state index contributed by atoms with van der Waals surface area (Å²) in [5, 5.41) is 19.4. The van der Waals surface area contributed by atoms with E-state index < -0.39 is 0 Å². The van der Waals surface area contributed by atoms with E-state index in [2.05, 4.69) is 6.92 Å². The van der Waals surface area contributed by atoms with Crippen LogP contribution >= 0.6 is 0 Å². The Kier molecular flexibility index (Phi) is 5.75. The van der Waals surface area contributed by atoms with Gasteiger partial charge in [-0.25, -0.2) is 0 Å². The summed E-state index contributed by atoms with van der Waals surface area (Å²) in [6, 6.07) is 5.03. The molecule has 2 N–H and O–H groups in total. The molecule has 0 heterocycles. The van der Waals surface area contributed by atoms with Gasteiger partial charge in [0.1, 0.15) is 11.5 Å². The number of phenolic OH excluding ortho intramolecular Hbond substituents is 2. The average molecular weight is 276 g/mol. The molecule has 1 aliphatic rings. The molecule has 1 unspecified atom stereocenters. The van der Waals surface area contributed by atoms with Crippen LogP contribution < -0.4 is 0 Å². The Morgan fingerprint density at radius 1 is 1.15 bits per heavy atom. The van der Waals surface area contributed by atoms with Crippen molar-refractivity contribution in [3.8, 4) is 11.5 Å². The molecule has 1 aliphatic carbocycles. The first-order valence-electron chi connectivity index (χ1n) is 8.21. The van der Waals surface area contributed by atoms with Crippen molar-refractivity contribution in [2.24, 2.45) is 11.8 Å². The summed E-state index contributed by atoms with van der Waals surface area (Å²) >= 11 is 0. The Morgan fingerprint density at radius 2 is 1.90 bits per heavy atom. The smallest absolute Gasteiger partial charge is 0.122 e. The Labute approximate surface area is 122 Å². The molecule has 2 nitrogen and oxygen atoms in total. The number of hydrogen-bond donors (Lipinski definition) is 2. The van der Waals surface area contributed by atoms with Gasteiger partial charge in [-0.05, 0) is 36.3 Å². The van der Waals surface area contributed by atoms with Crippen LogP contribution in [0.3, 0.4) is 0 Å². The van der Waals surface area contributed by atoms with Crippen LogP contribution in [0.5, 0.6) is 11.5 Å². The highest BCUT2D eigenvalue weighted by Gasteiger charge is 2.24. The average Bonchev–Trinajstić information content (AvgIpc) is 2.46. The van der Waals surface area contributed by atoms with Gasteiger partial charge in [-0.2, -0.15) is 0 Å². The van der Waals surface area contributed by atoms with Crippen LogP contribution in [0.25, 0.3) is 0 Å². The van der Waals surface area contributed by atoms with Crippen LogP contribution in [-0.4, -0.2) is 10.2 Å². The SMILES string of the molecule is CCCCC(Cc1ccc(O)cc1O)C1CCCCC1. The molecule has 20 heavy (non-hydrogen) atoms. The van der Waals surface area contributed by atoms with E-state index in [0.717, 1.165) is 17.9 Å². The Morgan fingerprint density at radius 3 is 2.55 bits per heavy atom. The third kappa shape index (κ3) is 4.16. The van der Waals surface area contributed by atoms with E-state index >= 15 is 0 Å². The predicted molar refractivity (Wildman–Crippen MR) is 83.1 cm³/mol. The maximum atomic E-state index is 10.0. The summed E-state index contributed by atoms with van der Waals surface area (Å²) in [4.78, 5) is 0. The molecular formula is C18H28O2. The van der Waals surface area contributed by atoms with Gasteiger partial charge in [0.05, 0.1) is 0 Å². The lowest BCUT2D eigenvalue weighted by molar-refractivity contribution is 0.229. The van der Waals surface area contributed by atoms with Crippen molar-refractivity contribution in [1.82, 2.24) is 0 Å². The first kappa shape index (κ1) is 15.2. The van der Waals surface area contributed by atoms with Gasteiger partial charge < -0.3 is 10.2 Å². The minimum atomic E-state index is 0.147. The van der Waals surface area contributed by atoms with E-state index in [1.807, 2.05) is 6.07 Å². The van der Waals surface area contributed by atoms with Gasteiger partial charge in [0.2, 0.25) is 0 Å². The molecule has 2 rings (SSSR count). The van der Waals surface area contributed by atoms with E-state index in [4.69, 9.17) is 0 Å². The molecule has 1 aromatic rings. The maximum absolute atomic E-state index is 10.0. The van der Waals surface area contributed by atoms with Crippen molar-refractivity contribution in [2.75, 3.05) is 0 Å². The summed E-state index contributed by atoms with van der Waals surface area (Å²) in [6.07, 6.45) is 11.6. The first-order chi connectivity index (χ1) is 9.70. The van der Waals surface area contributed by atoms with E-state index in [9.17, 15) is 10.2 Å². The summed E-state index contributed by atoms with van der Waals surface area (Å²) in [7, 11) is 0. The zero-order valence-electron chi connectivity index (χ0n) is 12.6. The molecule has 2 heteroatoms. The van der Waals surface area contributed by atoms with Gasteiger partial charge in [0.15, 0.2) is 0 Å². The van der Waals surface area contributed by atoms with Crippen molar-refractivity contribution < 1.29 is 10.2 Å². The van der Waals surface area contributed by atoms with Gasteiger partial charge in [0, 0.05) is 6.07 Å². The highest BCUT2D eigenvalue weighted by molar-refractivity contribution is 5.39. The summed E-state index contributed by atoms with van der Waals surface area (Å²) in [6.45, 7) is 2.25. The van der Waals surface area contributed by atoms with Crippen LogP contribution in [0, 0.1) is 11.8 Å². The first-order valence-corrected chi connectivity index (χ1v) is 8.21. The molecule has 0 amide bonds. The Hall–Kier alpha value is -1.18. The third-order valence-electron chi connectivity index (χ3n) is 4.80. The normalized spacial score (nSPS) is 18.1. The predicted octanol–water partition coefficient (Wildman–Crippen LogP) is 5.03. The minimum absolute atomic E-state index is 0.147. The molecule has 1 fully saturated rings. The number of aromatic hydroxyl groups is 2. The molecule has 0 radical (unpaired) electrons. The van der Waals surface area contributed by atoms with Crippen molar-refractivity contribution in [3.05, 3.63) is 23.8 Å². The van der Waals surface area contributed by atoms with Crippen molar-refractivity contribution >= 4 is 0 Å². The maximum Gasteiger partial charge on any atom is 0.122 e. The molecular weight excluding hydrogens is 248 g/mol. The molecule has 1 atom stereocenters. The van der Waals surface area contributed by atoms with Crippen LogP contribution in [0.4, 0.5) is 0 Å². The van der Waals surface area contributed by atoms with Crippen molar-refractivity contribution in [1.29, 1.82) is 0 Å². The number of hydrogen-bond acceptors (Lipinski definition) is 2. The molecule has 0 aliphatic heterocycles. The molecule has 112 valence electrons. The van der Waals surface area contributed by atoms with Gasteiger partial charge in [-0.1, -0.05) is 57.9 Å². The van der Waals surface area contributed by atoms with E-state index in [-0.39, 0.29) is 11.5 Å². The van der Waals surface area contributed by atoms with Crippen molar-refractivity contribution in [3.63, 3.8) is 0 Å². The van der Waals surface area contributed by atoms with E-state index in [1.54, 1.807) is 6.07 Å². The molecule has 1 aromatic carbocycles. The largest absolute Gasteiger partial charge is 0.508 e. The van der Waals surface area contributed by atoms with Crippen LogP contribution in [-0.2, 0) is 6.42 Å². The molecule has 1 saturated carbocycles. The fourth-order valence-electron chi connectivity index (χ4n) is 3.58. The second-order valence-electron chi connectivity index (χ2n) is 6.32. The molecule has 0 spiro atoms. The zero-order chi connectivity index (χ0) is 14.4. The highest BCUT2D eigenvalue weighted by atomic mass is 16.3. The van der Waals surface area contributed by atoms with Crippen LogP contribution in [0.15, 0.2) is 18.2 Å². The summed E-state index contributed by atoms with van der Waals surface area (Å²) in [5.74, 6) is 1.91. The van der Waals surface area contributed by atoms with Crippen LogP contribution in [0.1, 0.15) is 63.9 Å². The zero-order valence-corrected chi connectivity index (χ0v) is 12.6. The molecule has 0 aromatic heterocycles. The molecule has 0 saturated heterocycles. The van der Waals surface area contributed by atoms with Crippen LogP contribution in [0.2, 0.25) is 0 Å².